The molecule has 1 aromatic carbocycles. The van der Waals surface area contributed by atoms with Crippen molar-refractivity contribution < 1.29 is 23.1 Å². The van der Waals surface area contributed by atoms with E-state index >= 15 is 0 Å². The molecule has 1 heterocycles. The van der Waals surface area contributed by atoms with E-state index in [1.165, 1.54) is 36.0 Å². The Hall–Kier alpha value is -1.27. The molecule has 1 unspecified atom stereocenters. The van der Waals surface area contributed by atoms with E-state index in [1.54, 1.807) is 0 Å². The Kier molecular flexibility index (Phi) is 8.62. The molecule has 0 saturated carbocycles. The number of thiol groups is 1. The predicted molar refractivity (Wildman–Crippen MR) is 113 cm³/mol. The quantitative estimate of drug-likeness (QED) is 0.332. The molecule has 1 saturated heterocycles. The second kappa shape index (κ2) is 10.5. The first-order valence-corrected chi connectivity index (χ1v) is 12.2. The maximum absolute atomic E-state index is 12.5. The van der Waals surface area contributed by atoms with E-state index in [0.29, 0.717) is 5.75 Å². The lowest BCUT2D eigenvalue weighted by atomic mass is 10.1. The minimum absolute atomic E-state index is 0.0107. The van der Waals surface area contributed by atoms with Crippen molar-refractivity contribution in [3.63, 3.8) is 0 Å². The zero-order valence-corrected chi connectivity index (χ0v) is 17.9. The van der Waals surface area contributed by atoms with Gasteiger partial charge in [-0.25, -0.2) is 17.9 Å². The molecule has 0 radical (unpaired) electrons. The first-order chi connectivity index (χ1) is 13.2. The number of hydrogen-bond acceptors (Lipinski definition) is 7. The third kappa shape index (κ3) is 6.66. The third-order valence-electron chi connectivity index (χ3n) is 4.34. The highest BCUT2D eigenvalue weighted by atomic mass is 32.2. The molecule has 156 valence electrons. The fourth-order valence-electron chi connectivity index (χ4n) is 2.79. The van der Waals surface area contributed by atoms with Gasteiger partial charge in [-0.15, -0.1) is 0 Å². The summed E-state index contributed by atoms with van der Waals surface area (Å²) in [6, 6.07) is 4.53. The van der Waals surface area contributed by atoms with Gasteiger partial charge in [0.1, 0.15) is 6.04 Å². The van der Waals surface area contributed by atoms with Gasteiger partial charge >= 0.3 is 5.97 Å². The number of carbonyl (C=O) groups is 2. The highest BCUT2D eigenvalue weighted by molar-refractivity contribution is 7.98. The summed E-state index contributed by atoms with van der Waals surface area (Å²) in [7, 11) is -3.79. The summed E-state index contributed by atoms with van der Waals surface area (Å²) >= 11 is 5.84. The molecular weight excluding hydrogens is 422 g/mol. The minimum Gasteiger partial charge on any atom is -0.480 e. The number of aliphatic carboxylic acids is 1. The van der Waals surface area contributed by atoms with Crippen LogP contribution in [-0.2, 0) is 14.8 Å². The Morgan fingerprint density at radius 1 is 1.43 bits per heavy atom. The summed E-state index contributed by atoms with van der Waals surface area (Å²) < 4.78 is 27.6. The Morgan fingerprint density at radius 3 is 2.79 bits per heavy atom. The SMILES string of the molecule is CSCCC(NC(=O)c1cccc(S(=O)(=O)NC[C@@H]2C[C@H](S)CN2)c1)C(=O)O. The maximum atomic E-state index is 12.5. The van der Waals surface area contributed by atoms with Crippen LogP contribution in [0.15, 0.2) is 29.2 Å². The molecule has 0 aliphatic carbocycles. The molecule has 8 nitrogen and oxygen atoms in total. The van der Waals surface area contributed by atoms with E-state index in [4.69, 9.17) is 0 Å². The second-order valence-corrected chi connectivity index (χ2v) is 10.0. The van der Waals surface area contributed by atoms with Crippen molar-refractivity contribution in [3.8, 4) is 0 Å². The lowest BCUT2D eigenvalue weighted by Gasteiger charge is -2.15. The Morgan fingerprint density at radius 2 is 2.18 bits per heavy atom. The van der Waals surface area contributed by atoms with E-state index < -0.39 is 27.9 Å². The summed E-state index contributed by atoms with van der Waals surface area (Å²) in [6.07, 6.45) is 2.89. The zero-order valence-electron chi connectivity index (χ0n) is 15.4. The first kappa shape index (κ1) is 23.0. The predicted octanol–water partition coefficient (Wildman–Crippen LogP) is 0.561. The van der Waals surface area contributed by atoms with Crippen LogP contribution in [0.5, 0.6) is 0 Å². The van der Waals surface area contributed by atoms with E-state index in [9.17, 15) is 23.1 Å². The van der Waals surface area contributed by atoms with Crippen LogP contribution in [0.4, 0.5) is 0 Å². The van der Waals surface area contributed by atoms with Gasteiger partial charge in [-0.05, 0) is 43.0 Å². The fraction of sp³-hybridized carbons (Fsp3) is 0.529. The Balaban J connectivity index is 2.05. The van der Waals surface area contributed by atoms with Gasteiger partial charge < -0.3 is 15.7 Å². The molecule has 4 N–H and O–H groups in total. The van der Waals surface area contributed by atoms with Crippen LogP contribution >= 0.6 is 24.4 Å². The molecule has 1 aliphatic rings. The average Bonchev–Trinajstić information content (AvgIpc) is 3.08. The van der Waals surface area contributed by atoms with E-state index in [2.05, 4.69) is 28.0 Å². The minimum atomic E-state index is -3.79. The van der Waals surface area contributed by atoms with Crippen molar-refractivity contribution >= 4 is 46.3 Å². The molecule has 11 heteroatoms. The lowest BCUT2D eigenvalue weighted by molar-refractivity contribution is -0.139. The largest absolute Gasteiger partial charge is 0.480 e. The van der Waals surface area contributed by atoms with Crippen molar-refractivity contribution in [2.75, 3.05) is 25.1 Å². The number of sulfonamides is 1. The molecule has 0 aromatic heterocycles. The highest BCUT2D eigenvalue weighted by Crippen LogP contribution is 2.15. The smallest absolute Gasteiger partial charge is 0.326 e. The summed E-state index contributed by atoms with van der Waals surface area (Å²) in [4.78, 5) is 23.6. The average molecular weight is 448 g/mol. The van der Waals surface area contributed by atoms with Crippen molar-refractivity contribution in [1.29, 1.82) is 0 Å². The van der Waals surface area contributed by atoms with Gasteiger partial charge in [0.15, 0.2) is 0 Å². The van der Waals surface area contributed by atoms with E-state index in [-0.39, 0.29) is 34.7 Å². The van der Waals surface area contributed by atoms with Crippen LogP contribution in [0.25, 0.3) is 0 Å². The zero-order chi connectivity index (χ0) is 20.7. The number of benzene rings is 1. The molecule has 1 fully saturated rings. The van der Waals surface area contributed by atoms with Crippen LogP contribution in [0.3, 0.4) is 0 Å². The number of nitrogens with one attached hydrogen (secondary N) is 3. The number of carbonyl (C=O) groups excluding carboxylic acids is 1. The van der Waals surface area contributed by atoms with Gasteiger partial charge in [0, 0.05) is 29.9 Å². The van der Waals surface area contributed by atoms with Crippen LogP contribution < -0.4 is 15.4 Å². The van der Waals surface area contributed by atoms with Crippen LogP contribution in [0.2, 0.25) is 0 Å². The summed E-state index contributed by atoms with van der Waals surface area (Å²) in [6.45, 7) is 0.956. The Bertz CT molecular complexity index is 803. The molecule has 1 aliphatic heterocycles. The monoisotopic (exact) mass is 447 g/mol. The van der Waals surface area contributed by atoms with Crippen molar-refractivity contribution in [2.24, 2.45) is 0 Å². The number of thioether (sulfide) groups is 1. The van der Waals surface area contributed by atoms with Crippen molar-refractivity contribution in [2.45, 2.75) is 35.1 Å². The standard InChI is InChI=1S/C17H25N3O5S3/c1-27-6-5-15(17(22)23)20-16(21)11-3-2-4-14(7-11)28(24,25)19-9-12-8-13(26)10-18-12/h2-4,7,12-13,15,18-19,26H,5-6,8-10H2,1H3,(H,20,21)(H,22,23)/t12-,13-,15?/m0/s1. The fourth-order valence-corrected chi connectivity index (χ4v) is 4.74. The summed E-state index contributed by atoms with van der Waals surface area (Å²) in [5, 5.41) is 15.1. The van der Waals surface area contributed by atoms with Crippen molar-refractivity contribution in [1.82, 2.24) is 15.4 Å². The topological polar surface area (TPSA) is 125 Å². The van der Waals surface area contributed by atoms with Gasteiger partial charge in [-0.2, -0.15) is 24.4 Å². The lowest BCUT2D eigenvalue weighted by Crippen LogP contribution is -2.41. The number of rotatable bonds is 10. The second-order valence-electron chi connectivity index (χ2n) is 6.52. The summed E-state index contributed by atoms with van der Waals surface area (Å²) in [5.74, 6) is -1.17. The number of amides is 1. The van der Waals surface area contributed by atoms with Gasteiger partial charge in [-0.3, -0.25) is 4.79 Å². The van der Waals surface area contributed by atoms with E-state index in [1.807, 2.05) is 6.26 Å². The maximum Gasteiger partial charge on any atom is 0.326 e. The highest BCUT2D eigenvalue weighted by Gasteiger charge is 2.25. The number of carboxylic acid groups (broad SMARTS) is 1. The molecule has 2 rings (SSSR count). The molecular formula is C17H25N3O5S3. The molecule has 1 aromatic rings. The van der Waals surface area contributed by atoms with E-state index in [0.717, 1.165) is 13.0 Å². The van der Waals surface area contributed by atoms with Crippen molar-refractivity contribution in [3.05, 3.63) is 29.8 Å². The molecule has 1 amide bonds. The van der Waals surface area contributed by atoms with Gasteiger partial charge in [0.25, 0.3) is 5.91 Å². The summed E-state index contributed by atoms with van der Waals surface area (Å²) in [5.41, 5.74) is 0.0905. The molecule has 0 bridgehead atoms. The normalized spacial score (nSPS) is 20.6. The molecule has 28 heavy (non-hydrogen) atoms. The van der Waals surface area contributed by atoms with Crippen LogP contribution in [0.1, 0.15) is 23.2 Å². The van der Waals surface area contributed by atoms with Crippen LogP contribution in [-0.4, -0.2) is 67.8 Å². The van der Waals surface area contributed by atoms with Gasteiger partial charge in [-0.1, -0.05) is 6.07 Å². The van der Waals surface area contributed by atoms with Gasteiger partial charge in [0.05, 0.1) is 4.90 Å². The first-order valence-electron chi connectivity index (χ1n) is 8.76. The molecule has 3 atom stereocenters. The number of carboxylic acids is 1. The molecule has 0 spiro atoms. The van der Waals surface area contributed by atoms with Gasteiger partial charge in [0.2, 0.25) is 10.0 Å². The number of hydrogen-bond donors (Lipinski definition) is 5. The third-order valence-corrected chi connectivity index (χ3v) is 6.80. The van der Waals surface area contributed by atoms with Crippen LogP contribution in [0, 0.1) is 0 Å². The Labute approximate surface area is 174 Å².